The number of carbonyl (C=O) groups is 1. The molecule has 0 heterocycles. The van der Waals surface area contributed by atoms with Gasteiger partial charge in [0.25, 0.3) is 0 Å². The lowest BCUT2D eigenvalue weighted by Crippen LogP contribution is -2.08. The summed E-state index contributed by atoms with van der Waals surface area (Å²) in [6.45, 7) is 0.0593. The lowest BCUT2D eigenvalue weighted by molar-refractivity contribution is -0.144. The molecule has 100 valence electrons. The molecular weight excluding hydrogens is 257 g/mol. The summed E-state index contributed by atoms with van der Waals surface area (Å²) in [6.07, 6.45) is 0.0784. The second-order valence-corrected chi connectivity index (χ2v) is 4.23. The van der Waals surface area contributed by atoms with Gasteiger partial charge in [0.05, 0.1) is 18.1 Å². The van der Waals surface area contributed by atoms with Crippen molar-refractivity contribution in [1.29, 1.82) is 5.26 Å². The van der Waals surface area contributed by atoms with Crippen LogP contribution < -0.4 is 0 Å². The van der Waals surface area contributed by atoms with E-state index in [4.69, 9.17) is 10.00 Å². The Hall–Kier alpha value is -2.67. The van der Waals surface area contributed by atoms with Crippen LogP contribution in [0.2, 0.25) is 0 Å². The maximum absolute atomic E-state index is 12.7. The molecule has 2 aromatic rings. The molecule has 0 fully saturated rings. The molecule has 0 N–H and O–H groups in total. The van der Waals surface area contributed by atoms with Crippen molar-refractivity contribution in [2.75, 3.05) is 0 Å². The van der Waals surface area contributed by atoms with Crippen LogP contribution in [-0.4, -0.2) is 5.97 Å². The predicted molar refractivity (Wildman–Crippen MR) is 71.1 cm³/mol. The normalized spacial score (nSPS) is 9.80. The van der Waals surface area contributed by atoms with Gasteiger partial charge in [-0.2, -0.15) is 5.26 Å². The molecule has 0 aliphatic carbocycles. The second-order valence-electron chi connectivity index (χ2n) is 4.23. The van der Waals surface area contributed by atoms with Crippen molar-refractivity contribution in [3.05, 3.63) is 71.0 Å². The summed E-state index contributed by atoms with van der Waals surface area (Å²) in [5.74, 6) is -0.755. The van der Waals surface area contributed by atoms with Gasteiger partial charge in [-0.1, -0.05) is 30.3 Å². The fourth-order valence-electron chi connectivity index (χ4n) is 1.73. The number of ether oxygens (including phenoxy) is 1. The SMILES string of the molecule is N#Cc1ccccc1COC(=O)Cc1ccc(F)cc1. The van der Waals surface area contributed by atoms with Crippen LogP contribution in [0.1, 0.15) is 16.7 Å². The second kappa shape index (κ2) is 6.48. The van der Waals surface area contributed by atoms with Gasteiger partial charge in [-0.25, -0.2) is 4.39 Å². The van der Waals surface area contributed by atoms with Crippen molar-refractivity contribution in [1.82, 2.24) is 0 Å². The summed E-state index contributed by atoms with van der Waals surface area (Å²) in [5, 5.41) is 8.92. The molecule has 0 saturated heterocycles. The highest BCUT2D eigenvalue weighted by molar-refractivity contribution is 5.72. The predicted octanol–water partition coefficient (Wildman–Crippen LogP) is 2.98. The third kappa shape index (κ3) is 3.66. The van der Waals surface area contributed by atoms with Gasteiger partial charge in [0.2, 0.25) is 0 Å². The number of hydrogen-bond acceptors (Lipinski definition) is 3. The minimum absolute atomic E-state index is 0.0593. The first-order chi connectivity index (χ1) is 9.69. The zero-order chi connectivity index (χ0) is 14.4. The molecule has 0 aromatic heterocycles. The molecule has 0 atom stereocenters. The number of halogens is 1. The molecule has 0 aliphatic heterocycles. The lowest BCUT2D eigenvalue weighted by atomic mass is 10.1. The topological polar surface area (TPSA) is 50.1 Å². The van der Waals surface area contributed by atoms with Gasteiger partial charge in [-0.3, -0.25) is 4.79 Å². The van der Waals surface area contributed by atoms with Crippen LogP contribution in [-0.2, 0) is 22.6 Å². The van der Waals surface area contributed by atoms with Gasteiger partial charge in [-0.05, 0) is 23.8 Å². The van der Waals surface area contributed by atoms with E-state index in [1.54, 1.807) is 36.4 Å². The minimum Gasteiger partial charge on any atom is -0.461 e. The van der Waals surface area contributed by atoms with Crippen LogP contribution in [0.5, 0.6) is 0 Å². The van der Waals surface area contributed by atoms with Crippen molar-refractivity contribution < 1.29 is 13.9 Å². The van der Waals surface area contributed by atoms with E-state index >= 15 is 0 Å². The highest BCUT2D eigenvalue weighted by Crippen LogP contribution is 2.10. The Labute approximate surface area is 116 Å². The highest BCUT2D eigenvalue weighted by atomic mass is 19.1. The van der Waals surface area contributed by atoms with E-state index in [0.29, 0.717) is 16.7 Å². The average Bonchev–Trinajstić information content (AvgIpc) is 2.48. The fourth-order valence-corrected chi connectivity index (χ4v) is 1.73. The summed E-state index contributed by atoms with van der Waals surface area (Å²) >= 11 is 0. The zero-order valence-corrected chi connectivity index (χ0v) is 10.7. The van der Waals surface area contributed by atoms with Crippen LogP contribution in [0.15, 0.2) is 48.5 Å². The van der Waals surface area contributed by atoms with Gasteiger partial charge in [0, 0.05) is 5.56 Å². The average molecular weight is 269 g/mol. The summed E-state index contributed by atoms with van der Waals surface area (Å²) in [4.78, 5) is 11.7. The molecule has 0 aliphatic rings. The summed E-state index contributed by atoms with van der Waals surface area (Å²) in [7, 11) is 0. The summed E-state index contributed by atoms with van der Waals surface area (Å²) in [6, 6.07) is 14.7. The molecule has 2 rings (SSSR count). The van der Waals surface area contributed by atoms with Gasteiger partial charge in [0.1, 0.15) is 12.4 Å². The molecule has 4 heteroatoms. The number of rotatable bonds is 4. The zero-order valence-electron chi connectivity index (χ0n) is 10.7. The van der Waals surface area contributed by atoms with Crippen molar-refractivity contribution in [2.24, 2.45) is 0 Å². The smallest absolute Gasteiger partial charge is 0.310 e. The van der Waals surface area contributed by atoms with E-state index in [9.17, 15) is 9.18 Å². The minimum atomic E-state index is -0.413. The Bertz CT molecular complexity index is 644. The number of benzene rings is 2. The standard InChI is InChI=1S/C16H12FNO2/c17-15-7-5-12(6-8-15)9-16(19)20-11-14-4-2-1-3-13(14)10-18/h1-8H,9,11H2. The molecule has 0 spiro atoms. The maximum atomic E-state index is 12.7. The van der Waals surface area contributed by atoms with Crippen LogP contribution in [0, 0.1) is 17.1 Å². The highest BCUT2D eigenvalue weighted by Gasteiger charge is 2.07. The monoisotopic (exact) mass is 269 g/mol. The van der Waals surface area contributed by atoms with Crippen molar-refractivity contribution in [2.45, 2.75) is 13.0 Å². The Kier molecular flexibility index (Phi) is 4.46. The Morgan fingerprint density at radius 3 is 2.55 bits per heavy atom. The van der Waals surface area contributed by atoms with Crippen LogP contribution in [0.3, 0.4) is 0 Å². The Morgan fingerprint density at radius 2 is 1.85 bits per heavy atom. The lowest BCUT2D eigenvalue weighted by Gasteiger charge is -2.06. The number of esters is 1. The van der Waals surface area contributed by atoms with Crippen molar-refractivity contribution >= 4 is 5.97 Å². The molecule has 0 saturated carbocycles. The first kappa shape index (κ1) is 13.8. The van der Waals surface area contributed by atoms with Crippen LogP contribution in [0.4, 0.5) is 4.39 Å². The van der Waals surface area contributed by atoms with Gasteiger partial charge >= 0.3 is 5.97 Å². The number of nitrogens with zero attached hydrogens (tertiary/aromatic N) is 1. The largest absolute Gasteiger partial charge is 0.461 e. The first-order valence-corrected chi connectivity index (χ1v) is 6.07. The quantitative estimate of drug-likeness (QED) is 0.802. The van der Waals surface area contributed by atoms with Crippen LogP contribution in [0.25, 0.3) is 0 Å². The summed E-state index contributed by atoms with van der Waals surface area (Å²) < 4.78 is 17.9. The van der Waals surface area contributed by atoms with Crippen molar-refractivity contribution in [3.63, 3.8) is 0 Å². The first-order valence-electron chi connectivity index (χ1n) is 6.07. The van der Waals surface area contributed by atoms with E-state index in [-0.39, 0.29) is 18.8 Å². The Balaban J connectivity index is 1.92. The fraction of sp³-hybridized carbons (Fsp3) is 0.125. The molecule has 0 bridgehead atoms. The molecule has 0 unspecified atom stereocenters. The van der Waals surface area contributed by atoms with Crippen LogP contribution >= 0.6 is 0 Å². The van der Waals surface area contributed by atoms with Crippen molar-refractivity contribution in [3.8, 4) is 6.07 Å². The van der Waals surface area contributed by atoms with Gasteiger partial charge in [-0.15, -0.1) is 0 Å². The number of hydrogen-bond donors (Lipinski definition) is 0. The maximum Gasteiger partial charge on any atom is 0.310 e. The van der Waals surface area contributed by atoms with E-state index < -0.39 is 5.97 Å². The summed E-state index contributed by atoms with van der Waals surface area (Å²) in [5.41, 5.74) is 1.84. The van der Waals surface area contributed by atoms with E-state index in [1.165, 1.54) is 12.1 Å². The number of carbonyl (C=O) groups excluding carboxylic acids is 1. The van der Waals surface area contributed by atoms with E-state index in [1.807, 2.05) is 6.07 Å². The molecule has 3 nitrogen and oxygen atoms in total. The molecule has 0 amide bonds. The van der Waals surface area contributed by atoms with E-state index in [2.05, 4.69) is 0 Å². The third-order valence-electron chi connectivity index (χ3n) is 2.79. The number of nitriles is 1. The van der Waals surface area contributed by atoms with Gasteiger partial charge < -0.3 is 4.74 Å². The third-order valence-corrected chi connectivity index (χ3v) is 2.79. The Morgan fingerprint density at radius 1 is 1.15 bits per heavy atom. The molecule has 20 heavy (non-hydrogen) atoms. The van der Waals surface area contributed by atoms with E-state index in [0.717, 1.165) is 0 Å². The van der Waals surface area contributed by atoms with Gasteiger partial charge in [0.15, 0.2) is 0 Å². The molecule has 2 aromatic carbocycles. The molecule has 0 radical (unpaired) electrons. The molecular formula is C16H12FNO2.